The summed E-state index contributed by atoms with van der Waals surface area (Å²) in [5.41, 5.74) is 1.15. The number of rotatable bonds is 4. The predicted molar refractivity (Wildman–Crippen MR) is 110 cm³/mol. The Kier molecular flexibility index (Phi) is 4.99. The molecule has 2 heterocycles. The Morgan fingerprint density at radius 3 is 2.59 bits per heavy atom. The molecule has 2 aromatic carbocycles. The third-order valence-corrected chi connectivity index (χ3v) is 5.01. The second-order valence-corrected chi connectivity index (χ2v) is 6.97. The molecule has 1 amide bonds. The van der Waals surface area contributed by atoms with Gasteiger partial charge in [0.25, 0.3) is 11.6 Å². The van der Waals surface area contributed by atoms with Crippen LogP contribution in [0.4, 0.5) is 17.1 Å². The molecular formula is C21H19N3O5. The van der Waals surface area contributed by atoms with E-state index in [4.69, 9.17) is 4.42 Å². The number of nitrogens with one attached hydrogen (secondary N) is 1. The predicted octanol–water partition coefficient (Wildman–Crippen LogP) is 3.94. The van der Waals surface area contributed by atoms with Crippen LogP contribution in [-0.4, -0.2) is 23.9 Å². The first-order valence-corrected chi connectivity index (χ1v) is 9.40. The molecule has 148 valence electrons. The fraction of sp³-hybridized carbons (Fsp3) is 0.238. The van der Waals surface area contributed by atoms with E-state index in [0.717, 1.165) is 32.4 Å². The Hall–Kier alpha value is -3.68. The van der Waals surface area contributed by atoms with Crippen LogP contribution in [0.1, 0.15) is 29.6 Å². The quantitative estimate of drug-likeness (QED) is 0.409. The molecule has 0 radical (unpaired) electrons. The second-order valence-electron chi connectivity index (χ2n) is 6.97. The van der Waals surface area contributed by atoms with E-state index in [1.807, 2.05) is 4.90 Å². The zero-order chi connectivity index (χ0) is 20.4. The summed E-state index contributed by atoms with van der Waals surface area (Å²) in [6.07, 6.45) is 3.13. The van der Waals surface area contributed by atoms with Gasteiger partial charge in [-0.25, -0.2) is 4.79 Å². The average molecular weight is 393 g/mol. The van der Waals surface area contributed by atoms with Gasteiger partial charge in [0.1, 0.15) is 11.3 Å². The highest BCUT2D eigenvalue weighted by molar-refractivity contribution is 6.05. The van der Waals surface area contributed by atoms with Gasteiger partial charge >= 0.3 is 5.63 Å². The molecule has 4 rings (SSSR count). The number of hydrogen-bond acceptors (Lipinski definition) is 6. The van der Waals surface area contributed by atoms with E-state index < -0.39 is 16.5 Å². The first-order valence-electron chi connectivity index (χ1n) is 9.40. The lowest BCUT2D eigenvalue weighted by molar-refractivity contribution is -0.384. The van der Waals surface area contributed by atoms with Crippen molar-refractivity contribution in [1.82, 2.24) is 0 Å². The number of carbonyl (C=O) groups excluding carboxylic acids is 1. The highest BCUT2D eigenvalue weighted by Gasteiger charge is 2.23. The lowest BCUT2D eigenvalue weighted by Gasteiger charge is -2.28. The number of anilines is 2. The van der Waals surface area contributed by atoms with Crippen LogP contribution in [0.3, 0.4) is 0 Å². The average Bonchev–Trinajstić information content (AvgIpc) is 2.74. The van der Waals surface area contributed by atoms with Crippen LogP contribution < -0.4 is 15.8 Å². The van der Waals surface area contributed by atoms with Crippen molar-refractivity contribution in [3.05, 3.63) is 74.6 Å². The van der Waals surface area contributed by atoms with E-state index in [1.165, 1.54) is 12.1 Å². The van der Waals surface area contributed by atoms with Crippen molar-refractivity contribution in [2.24, 2.45) is 0 Å². The number of fused-ring (bicyclic) bond motifs is 1. The van der Waals surface area contributed by atoms with Crippen molar-refractivity contribution in [2.45, 2.75) is 19.3 Å². The molecule has 8 heteroatoms. The van der Waals surface area contributed by atoms with Crippen LogP contribution in [0.5, 0.6) is 0 Å². The maximum Gasteiger partial charge on any atom is 0.336 e. The van der Waals surface area contributed by atoms with Gasteiger partial charge < -0.3 is 14.6 Å². The Morgan fingerprint density at radius 1 is 1.03 bits per heavy atom. The molecule has 1 aliphatic heterocycles. The van der Waals surface area contributed by atoms with Gasteiger partial charge in [-0.1, -0.05) is 0 Å². The zero-order valence-corrected chi connectivity index (χ0v) is 15.6. The Labute approximate surface area is 165 Å². The minimum absolute atomic E-state index is 0.0696. The first kappa shape index (κ1) is 18.7. The van der Waals surface area contributed by atoms with E-state index in [0.29, 0.717) is 22.3 Å². The number of nitro benzene ring substituents is 1. The number of nitrogens with zero attached hydrogens (tertiary/aromatic N) is 2. The fourth-order valence-corrected chi connectivity index (χ4v) is 3.57. The molecule has 0 unspecified atom stereocenters. The van der Waals surface area contributed by atoms with E-state index >= 15 is 0 Å². The molecule has 1 aliphatic rings. The lowest BCUT2D eigenvalue weighted by Crippen LogP contribution is -2.30. The minimum Gasteiger partial charge on any atom is -0.423 e. The molecule has 8 nitrogen and oxygen atoms in total. The normalized spacial score (nSPS) is 14.0. The van der Waals surface area contributed by atoms with Crippen molar-refractivity contribution < 1.29 is 14.1 Å². The van der Waals surface area contributed by atoms with Crippen molar-refractivity contribution in [3.8, 4) is 0 Å². The Balaban J connectivity index is 1.59. The summed E-state index contributed by atoms with van der Waals surface area (Å²) in [5, 5.41) is 15.0. The van der Waals surface area contributed by atoms with Crippen LogP contribution in [0, 0.1) is 10.1 Å². The summed E-state index contributed by atoms with van der Waals surface area (Å²) in [7, 11) is 0. The van der Waals surface area contributed by atoms with Crippen LogP contribution in [0.15, 0.2) is 57.7 Å². The Bertz CT molecular complexity index is 1150. The lowest BCUT2D eigenvalue weighted by atomic mass is 10.1. The third-order valence-electron chi connectivity index (χ3n) is 5.01. The number of nitro groups is 1. The van der Waals surface area contributed by atoms with Gasteiger partial charge in [-0.15, -0.1) is 0 Å². The molecule has 0 atom stereocenters. The largest absolute Gasteiger partial charge is 0.423 e. The molecular weight excluding hydrogens is 374 g/mol. The van der Waals surface area contributed by atoms with Crippen LogP contribution >= 0.6 is 0 Å². The highest BCUT2D eigenvalue weighted by atomic mass is 16.6. The topological polar surface area (TPSA) is 106 Å². The van der Waals surface area contributed by atoms with Gasteiger partial charge in [0, 0.05) is 41.9 Å². The molecule has 3 aromatic rings. The van der Waals surface area contributed by atoms with Gasteiger partial charge in [0.05, 0.1) is 4.92 Å². The molecule has 1 aromatic heterocycles. The molecule has 0 saturated carbocycles. The number of benzene rings is 2. The molecule has 0 bridgehead atoms. The Morgan fingerprint density at radius 2 is 1.83 bits per heavy atom. The fourth-order valence-electron chi connectivity index (χ4n) is 3.57. The summed E-state index contributed by atoms with van der Waals surface area (Å²) in [6, 6.07) is 12.4. The minimum atomic E-state index is -0.449. The van der Waals surface area contributed by atoms with Crippen molar-refractivity contribution in [2.75, 3.05) is 23.3 Å². The molecule has 0 aliphatic carbocycles. The second kappa shape index (κ2) is 7.75. The van der Waals surface area contributed by atoms with E-state index in [-0.39, 0.29) is 11.3 Å². The van der Waals surface area contributed by atoms with Crippen LogP contribution in [0.2, 0.25) is 0 Å². The van der Waals surface area contributed by atoms with Crippen LogP contribution in [-0.2, 0) is 0 Å². The molecule has 1 saturated heterocycles. The van der Waals surface area contributed by atoms with Gasteiger partial charge in [-0.05, 0) is 55.7 Å². The molecule has 1 fully saturated rings. The number of amides is 1. The van der Waals surface area contributed by atoms with Crippen LogP contribution in [0.25, 0.3) is 11.0 Å². The molecule has 1 N–H and O–H groups in total. The maximum absolute atomic E-state index is 12.6. The van der Waals surface area contributed by atoms with Crippen molar-refractivity contribution in [1.29, 1.82) is 0 Å². The smallest absolute Gasteiger partial charge is 0.336 e. The molecule has 29 heavy (non-hydrogen) atoms. The standard InChI is InChI=1S/C21H19N3O5/c25-20-9-5-14-12-16(6-8-19(14)29-20)22-21(26)15-4-7-17(18(13-15)24(27)28)23-10-2-1-3-11-23/h4-9,12-13H,1-3,10-11H2,(H,22,26). The monoisotopic (exact) mass is 393 g/mol. The maximum atomic E-state index is 12.6. The van der Waals surface area contributed by atoms with Gasteiger partial charge in [0.15, 0.2) is 0 Å². The summed E-state index contributed by atoms with van der Waals surface area (Å²) < 4.78 is 5.07. The van der Waals surface area contributed by atoms with E-state index in [2.05, 4.69) is 5.32 Å². The summed E-state index contributed by atoms with van der Waals surface area (Å²) in [5.74, 6) is -0.449. The number of carbonyl (C=O) groups is 1. The summed E-state index contributed by atoms with van der Waals surface area (Å²) in [4.78, 5) is 37.0. The highest BCUT2D eigenvalue weighted by Crippen LogP contribution is 2.31. The summed E-state index contributed by atoms with van der Waals surface area (Å²) >= 11 is 0. The molecule has 0 spiro atoms. The SMILES string of the molecule is O=C(Nc1ccc2oc(=O)ccc2c1)c1ccc(N2CCCCC2)c([N+](=O)[O-])c1. The van der Waals surface area contributed by atoms with Gasteiger partial charge in [-0.2, -0.15) is 0 Å². The number of piperidine rings is 1. The summed E-state index contributed by atoms with van der Waals surface area (Å²) in [6.45, 7) is 1.55. The van der Waals surface area contributed by atoms with E-state index in [1.54, 1.807) is 36.4 Å². The van der Waals surface area contributed by atoms with E-state index in [9.17, 15) is 19.7 Å². The van der Waals surface area contributed by atoms with Gasteiger partial charge in [-0.3, -0.25) is 14.9 Å². The third kappa shape index (κ3) is 3.96. The van der Waals surface area contributed by atoms with Crippen molar-refractivity contribution in [3.63, 3.8) is 0 Å². The first-order chi connectivity index (χ1) is 14.0. The zero-order valence-electron chi connectivity index (χ0n) is 15.6. The van der Waals surface area contributed by atoms with Gasteiger partial charge in [0.2, 0.25) is 0 Å². The van der Waals surface area contributed by atoms with Crippen molar-refractivity contribution >= 4 is 33.9 Å². The number of hydrogen-bond donors (Lipinski definition) is 1.